The van der Waals surface area contributed by atoms with Gasteiger partial charge in [-0.3, -0.25) is 0 Å². The molecule has 9 rings (SSSR count). The maximum atomic E-state index is 12.0. The van der Waals surface area contributed by atoms with Gasteiger partial charge in [0.25, 0.3) is 0 Å². The van der Waals surface area contributed by atoms with Crippen LogP contribution in [0.2, 0.25) is 0 Å². The molecule has 4 N–H and O–H groups in total. The second kappa shape index (κ2) is 17.1. The molecular formula is C58H50N4O4. The smallest absolute Gasteiger partial charge is 0.343 e. The molecule has 3 aromatic heterocycles. The maximum absolute atomic E-state index is 12.0. The summed E-state index contributed by atoms with van der Waals surface area (Å²) in [5.41, 5.74) is 22.7. The van der Waals surface area contributed by atoms with Crippen molar-refractivity contribution in [2.24, 2.45) is 0 Å². The minimum Gasteiger partial charge on any atom is -0.477 e. The lowest BCUT2D eigenvalue weighted by Gasteiger charge is -2.10. The van der Waals surface area contributed by atoms with Crippen molar-refractivity contribution in [3.05, 3.63) is 188 Å². The van der Waals surface area contributed by atoms with E-state index in [-0.39, 0.29) is 0 Å². The molecule has 2 aliphatic heterocycles. The van der Waals surface area contributed by atoms with E-state index in [1.165, 1.54) is 6.08 Å². The van der Waals surface area contributed by atoms with Gasteiger partial charge in [0.2, 0.25) is 0 Å². The van der Waals surface area contributed by atoms with Crippen molar-refractivity contribution >= 4 is 57.8 Å². The Bertz CT molecular complexity index is 3420. The summed E-state index contributed by atoms with van der Waals surface area (Å²) in [6.45, 7) is 16.8. The Morgan fingerprint density at radius 1 is 0.455 bits per heavy atom. The first-order valence-corrected chi connectivity index (χ1v) is 22.0. The van der Waals surface area contributed by atoms with Crippen LogP contribution < -0.4 is 0 Å². The zero-order chi connectivity index (χ0) is 46.6. The minimum atomic E-state index is -1.53. The van der Waals surface area contributed by atoms with Crippen LogP contribution in [0.25, 0.3) is 90.4 Å². The number of fused-ring (bicyclic) bond motifs is 8. The lowest BCUT2D eigenvalue weighted by molar-refractivity contribution is -0.140. The number of hydrogen-bond donors (Lipinski definition) is 4. The number of H-pyrrole nitrogens is 2. The standard InChI is InChI=1S/C58H50N4O4/c1-31-18-32(2)23-40(22-31)52-45-12-13-46(59-45)53(41-24-33(3)19-34(4)25-41)48-16-17-50(61-48)55(43-28-37(7)21-38(8)29-43)56-39(10-9-11-44(57(63)64)58(65)66)30-51(62-56)54(49-15-14-47(52)60-49)42-26-35(5)20-36(6)27-42/h9-30,60-61H,1-8H3,(H,63,64)(H,65,66)/b10-9+,52-45?,52-47?,53-46?,53-48?,54-49?,54-51?,55-50?,56-55?. The number of nitrogens with zero attached hydrogens (tertiary/aromatic N) is 2. The van der Waals surface area contributed by atoms with E-state index in [0.717, 1.165) is 129 Å². The number of aliphatic carboxylic acids is 2. The van der Waals surface area contributed by atoms with Crippen molar-refractivity contribution in [3.8, 4) is 44.5 Å². The molecule has 0 spiro atoms. The molecule has 0 saturated heterocycles. The molecule has 8 nitrogen and oxygen atoms in total. The minimum absolute atomic E-state index is 0.630. The number of nitrogens with one attached hydrogen (secondary N) is 2. The molecule has 7 aromatic rings. The monoisotopic (exact) mass is 866 g/mol. The lowest BCUT2D eigenvalue weighted by Crippen LogP contribution is -2.10. The Hall–Kier alpha value is -8.10. The predicted molar refractivity (Wildman–Crippen MR) is 270 cm³/mol. The molecule has 2 aliphatic rings. The van der Waals surface area contributed by atoms with Crippen LogP contribution in [0, 0.1) is 55.4 Å². The van der Waals surface area contributed by atoms with Crippen molar-refractivity contribution < 1.29 is 19.8 Å². The van der Waals surface area contributed by atoms with Gasteiger partial charge in [-0.1, -0.05) is 129 Å². The molecule has 0 radical (unpaired) electrons. The van der Waals surface area contributed by atoms with E-state index in [9.17, 15) is 19.8 Å². The fraction of sp³-hybridized carbons (Fsp3) is 0.138. The van der Waals surface area contributed by atoms with Gasteiger partial charge >= 0.3 is 11.9 Å². The highest BCUT2D eigenvalue weighted by Crippen LogP contribution is 2.42. The number of carboxylic acids is 2. The summed E-state index contributed by atoms with van der Waals surface area (Å²) < 4.78 is 0. The van der Waals surface area contributed by atoms with Crippen LogP contribution in [0.5, 0.6) is 0 Å². The SMILES string of the molecule is Cc1cc(C)cc(-c2c3nc(c(-c4cc(C)cc(C)c4)c4ccc([nH]4)c(-c4cc(C)cc(C)c4)c4nc(c(-c5cc(C)cc(C)c5)c5ccc2[nH]5)C=C4/C=C/C=C(C(=O)O)C(=O)O)C=C3)c1. The number of carboxylic acid groups (broad SMARTS) is 2. The van der Waals surface area contributed by atoms with Gasteiger partial charge in [-0.25, -0.2) is 19.6 Å². The van der Waals surface area contributed by atoms with Crippen molar-refractivity contribution in [2.75, 3.05) is 0 Å². The molecule has 0 aliphatic carbocycles. The highest BCUT2D eigenvalue weighted by molar-refractivity contribution is 6.13. The number of rotatable bonds is 8. The average molecular weight is 867 g/mol. The number of carbonyl (C=O) groups is 2. The Morgan fingerprint density at radius 3 is 1.15 bits per heavy atom. The van der Waals surface area contributed by atoms with Crippen LogP contribution >= 0.6 is 0 Å². The second-order valence-electron chi connectivity index (χ2n) is 17.8. The van der Waals surface area contributed by atoms with E-state index >= 15 is 0 Å². The number of hydrogen-bond acceptors (Lipinski definition) is 4. The Kier molecular flexibility index (Phi) is 11.2. The first kappa shape index (κ1) is 43.2. The molecule has 326 valence electrons. The summed E-state index contributed by atoms with van der Waals surface area (Å²) in [5, 5.41) is 19.5. The highest BCUT2D eigenvalue weighted by Gasteiger charge is 2.23. The summed E-state index contributed by atoms with van der Waals surface area (Å²) >= 11 is 0. The van der Waals surface area contributed by atoms with E-state index in [1.807, 2.05) is 6.08 Å². The molecule has 8 heteroatoms. The van der Waals surface area contributed by atoms with Gasteiger partial charge in [-0.2, -0.15) is 0 Å². The topological polar surface area (TPSA) is 132 Å². The van der Waals surface area contributed by atoms with Gasteiger partial charge in [-0.15, -0.1) is 0 Å². The van der Waals surface area contributed by atoms with Crippen molar-refractivity contribution in [3.63, 3.8) is 0 Å². The van der Waals surface area contributed by atoms with Gasteiger partial charge in [0.1, 0.15) is 5.57 Å². The van der Waals surface area contributed by atoms with Crippen LogP contribution in [0.1, 0.15) is 67.3 Å². The third kappa shape index (κ3) is 8.49. The number of allylic oxidation sites excluding steroid dienone is 4. The molecular weight excluding hydrogens is 817 g/mol. The Balaban J connectivity index is 1.52. The quantitative estimate of drug-likeness (QED) is 0.0520. The van der Waals surface area contributed by atoms with Crippen LogP contribution in [0.4, 0.5) is 0 Å². The fourth-order valence-corrected chi connectivity index (χ4v) is 9.60. The Labute approximate surface area is 384 Å². The van der Waals surface area contributed by atoms with E-state index in [2.05, 4.69) is 175 Å². The predicted octanol–water partition coefficient (Wildman–Crippen LogP) is 13.8. The third-order valence-corrected chi connectivity index (χ3v) is 11.9. The molecule has 0 atom stereocenters. The average Bonchev–Trinajstić information content (AvgIpc) is 4.05. The molecule has 5 heterocycles. The zero-order valence-corrected chi connectivity index (χ0v) is 38.3. The van der Waals surface area contributed by atoms with Crippen LogP contribution in [0.15, 0.2) is 121 Å². The fourth-order valence-electron chi connectivity index (χ4n) is 9.60. The van der Waals surface area contributed by atoms with Gasteiger partial charge in [0, 0.05) is 49.9 Å². The lowest BCUT2D eigenvalue weighted by atomic mass is 9.96. The van der Waals surface area contributed by atoms with Crippen molar-refractivity contribution in [1.29, 1.82) is 0 Å². The summed E-state index contributed by atoms with van der Waals surface area (Å²) in [4.78, 5) is 42.7. The van der Waals surface area contributed by atoms with Crippen molar-refractivity contribution in [2.45, 2.75) is 55.4 Å². The molecule has 8 bridgehead atoms. The third-order valence-electron chi connectivity index (χ3n) is 11.9. The Morgan fingerprint density at radius 2 is 0.788 bits per heavy atom. The highest BCUT2D eigenvalue weighted by atomic mass is 16.4. The maximum Gasteiger partial charge on any atom is 0.343 e. The molecule has 0 unspecified atom stereocenters. The summed E-state index contributed by atoms with van der Waals surface area (Å²) in [6, 6.07) is 34.5. The first-order valence-electron chi connectivity index (χ1n) is 22.0. The molecule has 66 heavy (non-hydrogen) atoms. The molecule has 0 saturated carbocycles. The normalized spacial score (nSPS) is 12.2. The summed E-state index contributed by atoms with van der Waals surface area (Å²) in [6.07, 6.45) is 10.6. The van der Waals surface area contributed by atoms with E-state index in [4.69, 9.17) is 9.97 Å². The molecule has 0 fully saturated rings. The largest absolute Gasteiger partial charge is 0.477 e. The van der Waals surface area contributed by atoms with E-state index < -0.39 is 17.5 Å². The summed E-state index contributed by atoms with van der Waals surface area (Å²) in [5.74, 6) is -3.06. The van der Waals surface area contributed by atoms with Crippen LogP contribution in [-0.4, -0.2) is 42.1 Å². The number of aromatic nitrogens is 4. The van der Waals surface area contributed by atoms with Crippen LogP contribution in [0.3, 0.4) is 0 Å². The van der Waals surface area contributed by atoms with Gasteiger partial charge in [-0.05, 0) is 126 Å². The second-order valence-corrected chi connectivity index (χ2v) is 17.8. The van der Waals surface area contributed by atoms with E-state index in [1.54, 1.807) is 6.08 Å². The molecule has 4 aromatic carbocycles. The summed E-state index contributed by atoms with van der Waals surface area (Å²) in [7, 11) is 0. The van der Waals surface area contributed by atoms with Gasteiger partial charge < -0.3 is 20.2 Å². The van der Waals surface area contributed by atoms with Gasteiger partial charge in [0.05, 0.1) is 22.8 Å². The van der Waals surface area contributed by atoms with Gasteiger partial charge in [0.15, 0.2) is 0 Å². The van der Waals surface area contributed by atoms with E-state index in [0.29, 0.717) is 17.0 Å². The number of aryl methyl sites for hydroxylation is 8. The van der Waals surface area contributed by atoms with Crippen LogP contribution in [-0.2, 0) is 9.59 Å². The number of benzene rings is 4. The molecule has 0 amide bonds. The zero-order valence-electron chi connectivity index (χ0n) is 38.3. The number of aromatic amines is 2. The first-order chi connectivity index (χ1) is 31.6. The van der Waals surface area contributed by atoms with Crippen molar-refractivity contribution in [1.82, 2.24) is 19.9 Å².